The summed E-state index contributed by atoms with van der Waals surface area (Å²) in [6.07, 6.45) is 7.78. The first kappa shape index (κ1) is 21.4. The molecule has 31 heavy (non-hydrogen) atoms. The number of pyridine rings is 1. The van der Waals surface area contributed by atoms with Crippen LogP contribution in [-0.2, 0) is 0 Å². The van der Waals surface area contributed by atoms with Crippen molar-refractivity contribution in [2.24, 2.45) is 5.41 Å². The summed E-state index contributed by atoms with van der Waals surface area (Å²) in [5.41, 5.74) is 4.67. The van der Waals surface area contributed by atoms with Crippen molar-refractivity contribution in [1.29, 1.82) is 0 Å². The third-order valence-electron chi connectivity index (χ3n) is 5.81. The van der Waals surface area contributed by atoms with Crippen molar-refractivity contribution in [2.45, 2.75) is 39.5 Å². The van der Waals surface area contributed by atoms with E-state index in [9.17, 15) is 0 Å². The molecule has 0 atom stereocenters. The number of piperidine rings is 1. The Morgan fingerprint density at radius 1 is 1.03 bits per heavy atom. The van der Waals surface area contributed by atoms with Crippen LogP contribution in [0.15, 0.2) is 55.0 Å². The van der Waals surface area contributed by atoms with Gasteiger partial charge in [-0.05, 0) is 61.2 Å². The normalized spacial score (nSPS) is 15.7. The Hall–Kier alpha value is -2.79. The van der Waals surface area contributed by atoms with Gasteiger partial charge in [-0.1, -0.05) is 32.9 Å². The minimum absolute atomic E-state index is 0.321. The molecule has 1 saturated heterocycles. The number of rotatable bonds is 5. The van der Waals surface area contributed by atoms with E-state index in [1.54, 1.807) is 19.5 Å². The number of ether oxygens (including phenoxy) is 1. The van der Waals surface area contributed by atoms with Crippen LogP contribution in [0.1, 0.15) is 45.2 Å². The summed E-state index contributed by atoms with van der Waals surface area (Å²) in [5.74, 6) is 2.03. The molecule has 0 saturated carbocycles. The molecule has 1 fully saturated rings. The summed E-state index contributed by atoms with van der Waals surface area (Å²) in [6, 6.07) is 12.1. The Kier molecular flexibility index (Phi) is 6.33. The standard InChI is InChI=1S/C26H32N4O/c1-26(2,3)18-30-14-10-19(11-15-30)24-23(21-6-5-7-22(16-21)31-4)17-28-25(29-24)20-8-12-27-13-9-20/h5-9,12-13,16-17,19H,10-11,14-15,18H2,1-4H3. The van der Waals surface area contributed by atoms with Crippen LogP contribution < -0.4 is 4.74 Å². The van der Waals surface area contributed by atoms with E-state index in [2.05, 4.69) is 42.8 Å². The number of benzene rings is 1. The molecule has 1 aliphatic heterocycles. The van der Waals surface area contributed by atoms with Crippen LogP contribution in [0.25, 0.3) is 22.5 Å². The summed E-state index contributed by atoms with van der Waals surface area (Å²) in [5, 5.41) is 0. The number of hydrogen-bond acceptors (Lipinski definition) is 5. The predicted octanol–water partition coefficient (Wildman–Crippen LogP) is 5.44. The van der Waals surface area contributed by atoms with Gasteiger partial charge in [0, 0.05) is 42.2 Å². The van der Waals surface area contributed by atoms with Gasteiger partial charge >= 0.3 is 0 Å². The second-order valence-corrected chi connectivity index (χ2v) is 9.57. The smallest absolute Gasteiger partial charge is 0.159 e. The number of methoxy groups -OCH3 is 1. The van der Waals surface area contributed by atoms with Gasteiger partial charge in [0.2, 0.25) is 0 Å². The lowest BCUT2D eigenvalue weighted by Gasteiger charge is -2.36. The highest BCUT2D eigenvalue weighted by Gasteiger charge is 2.27. The van der Waals surface area contributed by atoms with Crippen LogP contribution in [0.3, 0.4) is 0 Å². The third-order valence-corrected chi connectivity index (χ3v) is 5.81. The lowest BCUT2D eigenvalue weighted by atomic mass is 9.87. The maximum absolute atomic E-state index is 5.46. The molecule has 5 heteroatoms. The maximum Gasteiger partial charge on any atom is 0.159 e. The second kappa shape index (κ2) is 9.15. The quantitative estimate of drug-likeness (QED) is 0.554. The number of likely N-dealkylation sites (tertiary alicyclic amines) is 1. The van der Waals surface area contributed by atoms with Crippen molar-refractivity contribution >= 4 is 0 Å². The molecule has 4 rings (SSSR count). The van der Waals surface area contributed by atoms with Crippen LogP contribution in [-0.4, -0.2) is 46.6 Å². The largest absolute Gasteiger partial charge is 0.497 e. The van der Waals surface area contributed by atoms with Gasteiger partial charge in [0.1, 0.15) is 5.75 Å². The molecule has 0 bridgehead atoms. The van der Waals surface area contributed by atoms with Crippen LogP contribution in [0.4, 0.5) is 0 Å². The second-order valence-electron chi connectivity index (χ2n) is 9.57. The maximum atomic E-state index is 5.46. The van der Waals surface area contributed by atoms with E-state index < -0.39 is 0 Å². The minimum atomic E-state index is 0.321. The average Bonchev–Trinajstić information content (AvgIpc) is 2.79. The Bertz CT molecular complexity index is 1010. The molecule has 0 radical (unpaired) electrons. The van der Waals surface area contributed by atoms with Crippen LogP contribution >= 0.6 is 0 Å². The van der Waals surface area contributed by atoms with Gasteiger partial charge in [0.15, 0.2) is 5.82 Å². The fourth-order valence-electron chi connectivity index (χ4n) is 4.39. The molecule has 1 aliphatic rings. The predicted molar refractivity (Wildman–Crippen MR) is 125 cm³/mol. The van der Waals surface area contributed by atoms with E-state index in [0.29, 0.717) is 11.3 Å². The van der Waals surface area contributed by atoms with Gasteiger partial charge in [-0.2, -0.15) is 0 Å². The SMILES string of the molecule is COc1cccc(-c2cnc(-c3ccncc3)nc2C2CCN(CC(C)(C)C)CC2)c1. The molecule has 3 aromatic rings. The number of aromatic nitrogens is 3. The van der Waals surface area contributed by atoms with Gasteiger partial charge in [-0.3, -0.25) is 4.98 Å². The van der Waals surface area contributed by atoms with Crippen LogP contribution in [0.2, 0.25) is 0 Å². The van der Waals surface area contributed by atoms with Crippen molar-refractivity contribution in [3.05, 3.63) is 60.7 Å². The summed E-state index contributed by atoms with van der Waals surface area (Å²) in [6.45, 7) is 10.3. The van der Waals surface area contributed by atoms with Crippen molar-refractivity contribution < 1.29 is 4.74 Å². The van der Waals surface area contributed by atoms with Crippen LogP contribution in [0.5, 0.6) is 5.75 Å². The Morgan fingerprint density at radius 2 is 1.77 bits per heavy atom. The summed E-state index contributed by atoms with van der Waals surface area (Å²) >= 11 is 0. The fraction of sp³-hybridized carbons (Fsp3) is 0.423. The molecule has 0 amide bonds. The molecule has 0 spiro atoms. The summed E-state index contributed by atoms with van der Waals surface area (Å²) in [4.78, 5) is 16.5. The van der Waals surface area contributed by atoms with E-state index >= 15 is 0 Å². The van der Waals surface area contributed by atoms with Crippen molar-refractivity contribution in [1.82, 2.24) is 19.9 Å². The van der Waals surface area contributed by atoms with Crippen molar-refractivity contribution in [3.63, 3.8) is 0 Å². The van der Waals surface area contributed by atoms with Crippen molar-refractivity contribution in [2.75, 3.05) is 26.7 Å². The first-order valence-electron chi connectivity index (χ1n) is 11.1. The van der Waals surface area contributed by atoms with E-state index in [1.165, 1.54) is 0 Å². The molecule has 0 aliphatic carbocycles. The Morgan fingerprint density at radius 3 is 2.45 bits per heavy atom. The molecular weight excluding hydrogens is 384 g/mol. The molecule has 2 aromatic heterocycles. The van der Waals surface area contributed by atoms with Gasteiger partial charge in [-0.15, -0.1) is 0 Å². The Labute approximate surface area is 185 Å². The average molecular weight is 417 g/mol. The third kappa shape index (κ3) is 5.28. The topological polar surface area (TPSA) is 51.1 Å². The fourth-order valence-corrected chi connectivity index (χ4v) is 4.39. The van der Waals surface area contributed by atoms with Gasteiger partial charge < -0.3 is 9.64 Å². The molecule has 0 N–H and O–H groups in total. The monoisotopic (exact) mass is 416 g/mol. The number of nitrogens with zero attached hydrogens (tertiary/aromatic N) is 4. The zero-order valence-corrected chi connectivity index (χ0v) is 19.0. The van der Waals surface area contributed by atoms with E-state index in [0.717, 1.165) is 66.4 Å². The van der Waals surface area contributed by atoms with E-state index in [1.807, 2.05) is 30.5 Å². The van der Waals surface area contributed by atoms with Crippen LogP contribution in [0, 0.1) is 5.41 Å². The number of hydrogen-bond donors (Lipinski definition) is 0. The molecule has 1 aromatic carbocycles. The summed E-state index contributed by atoms with van der Waals surface area (Å²) in [7, 11) is 1.70. The molecular formula is C26H32N4O. The summed E-state index contributed by atoms with van der Waals surface area (Å²) < 4.78 is 5.46. The highest BCUT2D eigenvalue weighted by atomic mass is 16.5. The van der Waals surface area contributed by atoms with Gasteiger partial charge in [-0.25, -0.2) is 9.97 Å². The molecule has 3 heterocycles. The van der Waals surface area contributed by atoms with Gasteiger partial charge in [0.05, 0.1) is 12.8 Å². The first-order valence-corrected chi connectivity index (χ1v) is 11.1. The lowest BCUT2D eigenvalue weighted by molar-refractivity contribution is 0.153. The van der Waals surface area contributed by atoms with Gasteiger partial charge in [0.25, 0.3) is 0 Å². The zero-order valence-electron chi connectivity index (χ0n) is 19.0. The zero-order chi connectivity index (χ0) is 21.8. The lowest BCUT2D eigenvalue weighted by Crippen LogP contribution is -2.38. The highest BCUT2D eigenvalue weighted by molar-refractivity contribution is 5.69. The van der Waals surface area contributed by atoms with E-state index in [4.69, 9.17) is 14.7 Å². The molecule has 5 nitrogen and oxygen atoms in total. The van der Waals surface area contributed by atoms with E-state index in [-0.39, 0.29) is 0 Å². The van der Waals surface area contributed by atoms with Crippen molar-refractivity contribution in [3.8, 4) is 28.3 Å². The molecule has 0 unspecified atom stereocenters. The highest BCUT2D eigenvalue weighted by Crippen LogP contribution is 2.36. The minimum Gasteiger partial charge on any atom is -0.497 e. The Balaban J connectivity index is 1.68. The molecule has 162 valence electrons. The first-order chi connectivity index (χ1) is 14.9.